The molecule has 1 heterocycles. The van der Waals surface area contributed by atoms with Gasteiger partial charge in [0.2, 0.25) is 5.91 Å². The molecule has 0 fully saturated rings. The molecule has 1 aliphatic rings. The van der Waals surface area contributed by atoms with Crippen LogP contribution in [0.3, 0.4) is 0 Å². The average Bonchev–Trinajstić information content (AvgIpc) is 2.67. The Hall–Kier alpha value is -1.75. The van der Waals surface area contributed by atoms with Crippen molar-refractivity contribution in [2.24, 2.45) is 5.73 Å². The fraction of sp³-hybridized carbons (Fsp3) is 0.533. The third kappa shape index (κ3) is 3.42. The molecule has 5 nitrogen and oxygen atoms in total. The highest BCUT2D eigenvalue weighted by atomic mass is 16.5. The molecule has 1 unspecified atom stereocenters. The van der Waals surface area contributed by atoms with E-state index < -0.39 is 0 Å². The molecular weight excluding hydrogens is 254 g/mol. The van der Waals surface area contributed by atoms with Crippen molar-refractivity contribution in [3.63, 3.8) is 0 Å². The van der Waals surface area contributed by atoms with Gasteiger partial charge in [-0.05, 0) is 25.5 Å². The Labute approximate surface area is 120 Å². The summed E-state index contributed by atoms with van der Waals surface area (Å²) in [4.78, 5) is 14.0. The maximum absolute atomic E-state index is 11.8. The number of nitrogens with zero attached hydrogens (tertiary/aromatic N) is 1. The van der Waals surface area contributed by atoms with Gasteiger partial charge in [0, 0.05) is 26.1 Å². The average molecular weight is 277 g/mol. The Balaban J connectivity index is 2.18. The zero-order chi connectivity index (χ0) is 14.4. The lowest BCUT2D eigenvalue weighted by Gasteiger charge is -2.32. The standard InChI is InChI=1S/C15H23N3O2/c1-2-17-15(19)10-12(11-16)18-8-5-9-20-14-7-4-3-6-13(14)18/h3-4,6-7,12H,2,5,8-11,16H2,1H3,(H,17,19). The van der Waals surface area contributed by atoms with Crippen molar-refractivity contribution in [3.8, 4) is 5.75 Å². The monoisotopic (exact) mass is 277 g/mol. The van der Waals surface area contributed by atoms with Gasteiger partial charge in [-0.15, -0.1) is 0 Å². The first-order valence-corrected chi connectivity index (χ1v) is 7.21. The van der Waals surface area contributed by atoms with Crippen LogP contribution in [0.1, 0.15) is 19.8 Å². The van der Waals surface area contributed by atoms with Gasteiger partial charge in [0.25, 0.3) is 0 Å². The van der Waals surface area contributed by atoms with Crippen molar-refractivity contribution in [1.29, 1.82) is 0 Å². The lowest BCUT2D eigenvalue weighted by Crippen LogP contribution is -2.44. The second-order valence-corrected chi connectivity index (χ2v) is 4.91. The quantitative estimate of drug-likeness (QED) is 0.846. The number of benzene rings is 1. The number of rotatable bonds is 5. The van der Waals surface area contributed by atoms with Crippen LogP contribution in [-0.2, 0) is 4.79 Å². The summed E-state index contributed by atoms with van der Waals surface area (Å²) in [6.07, 6.45) is 1.35. The van der Waals surface area contributed by atoms with Gasteiger partial charge >= 0.3 is 0 Å². The van der Waals surface area contributed by atoms with Crippen LogP contribution in [0, 0.1) is 0 Å². The molecule has 0 radical (unpaired) electrons. The van der Waals surface area contributed by atoms with Crippen LogP contribution in [-0.4, -0.2) is 38.2 Å². The number of hydrogen-bond donors (Lipinski definition) is 2. The van der Waals surface area contributed by atoms with Crippen molar-refractivity contribution in [3.05, 3.63) is 24.3 Å². The predicted molar refractivity (Wildman–Crippen MR) is 80.0 cm³/mol. The van der Waals surface area contributed by atoms with Crippen LogP contribution < -0.4 is 20.7 Å². The van der Waals surface area contributed by atoms with Gasteiger partial charge in [0.05, 0.1) is 18.3 Å². The summed E-state index contributed by atoms with van der Waals surface area (Å²) in [6, 6.07) is 7.95. The number of carbonyl (C=O) groups is 1. The topological polar surface area (TPSA) is 67.6 Å². The zero-order valence-electron chi connectivity index (χ0n) is 12.0. The zero-order valence-corrected chi connectivity index (χ0v) is 12.0. The summed E-state index contributed by atoms with van der Waals surface area (Å²) in [5, 5.41) is 2.84. The van der Waals surface area contributed by atoms with Gasteiger partial charge in [-0.1, -0.05) is 12.1 Å². The maximum Gasteiger partial charge on any atom is 0.222 e. The number of nitrogens with two attached hydrogens (primary N) is 1. The summed E-state index contributed by atoms with van der Waals surface area (Å²) in [5.41, 5.74) is 6.93. The number of nitrogens with one attached hydrogen (secondary N) is 1. The van der Waals surface area contributed by atoms with Crippen LogP contribution >= 0.6 is 0 Å². The van der Waals surface area contributed by atoms with Crippen molar-refractivity contribution >= 4 is 11.6 Å². The molecule has 1 aromatic rings. The van der Waals surface area contributed by atoms with Gasteiger partial charge in [0.1, 0.15) is 5.75 Å². The van der Waals surface area contributed by atoms with Crippen LogP contribution in [0.2, 0.25) is 0 Å². The third-order valence-corrected chi connectivity index (χ3v) is 3.48. The molecule has 0 spiro atoms. The van der Waals surface area contributed by atoms with Crippen LogP contribution in [0.5, 0.6) is 5.75 Å². The number of para-hydroxylation sites is 2. The van der Waals surface area contributed by atoms with E-state index >= 15 is 0 Å². The minimum absolute atomic E-state index is 0.00407. The smallest absolute Gasteiger partial charge is 0.222 e. The Bertz CT molecular complexity index is 450. The van der Waals surface area contributed by atoms with E-state index in [0.717, 1.165) is 24.4 Å². The van der Waals surface area contributed by atoms with E-state index in [1.807, 2.05) is 31.2 Å². The predicted octanol–water partition coefficient (Wildman–Crippen LogP) is 1.13. The van der Waals surface area contributed by atoms with E-state index in [1.54, 1.807) is 0 Å². The third-order valence-electron chi connectivity index (χ3n) is 3.48. The second kappa shape index (κ2) is 7.14. The molecule has 0 aliphatic carbocycles. The lowest BCUT2D eigenvalue weighted by molar-refractivity contribution is -0.121. The number of carbonyl (C=O) groups excluding carboxylic acids is 1. The summed E-state index contributed by atoms with van der Waals surface area (Å²) >= 11 is 0. The highest BCUT2D eigenvalue weighted by Crippen LogP contribution is 2.32. The van der Waals surface area contributed by atoms with Crippen molar-refractivity contribution in [1.82, 2.24) is 5.32 Å². The van der Waals surface area contributed by atoms with Gasteiger partial charge < -0.3 is 20.7 Å². The highest BCUT2D eigenvalue weighted by molar-refractivity contribution is 5.77. The Morgan fingerprint density at radius 3 is 3.05 bits per heavy atom. The maximum atomic E-state index is 11.8. The molecule has 5 heteroatoms. The lowest BCUT2D eigenvalue weighted by atomic mass is 10.1. The van der Waals surface area contributed by atoms with Gasteiger partial charge in [0.15, 0.2) is 0 Å². The number of ether oxygens (including phenoxy) is 1. The number of anilines is 1. The Morgan fingerprint density at radius 2 is 2.30 bits per heavy atom. The van der Waals surface area contributed by atoms with E-state index in [1.165, 1.54) is 0 Å². The number of fused-ring (bicyclic) bond motifs is 1. The molecule has 20 heavy (non-hydrogen) atoms. The molecular formula is C15H23N3O2. The van der Waals surface area contributed by atoms with Crippen molar-refractivity contribution in [2.45, 2.75) is 25.8 Å². The van der Waals surface area contributed by atoms with Crippen LogP contribution in [0.25, 0.3) is 0 Å². The first kappa shape index (κ1) is 14.7. The molecule has 0 bridgehead atoms. The summed E-state index contributed by atoms with van der Waals surface area (Å²) < 4.78 is 5.74. The molecule has 0 saturated heterocycles. The largest absolute Gasteiger partial charge is 0.491 e. The van der Waals surface area contributed by atoms with Gasteiger partial charge in [-0.2, -0.15) is 0 Å². The fourth-order valence-electron chi connectivity index (χ4n) is 2.54. The Morgan fingerprint density at radius 1 is 1.50 bits per heavy atom. The molecule has 1 atom stereocenters. The molecule has 1 aliphatic heterocycles. The molecule has 3 N–H and O–H groups in total. The van der Waals surface area contributed by atoms with Crippen molar-refractivity contribution in [2.75, 3.05) is 31.1 Å². The molecule has 110 valence electrons. The molecule has 0 saturated carbocycles. The normalized spacial score (nSPS) is 15.8. The van der Waals surface area contributed by atoms with Crippen molar-refractivity contribution < 1.29 is 9.53 Å². The molecule has 1 aromatic carbocycles. The minimum Gasteiger partial charge on any atom is -0.491 e. The number of amides is 1. The van der Waals surface area contributed by atoms with E-state index in [9.17, 15) is 4.79 Å². The first-order chi connectivity index (χ1) is 9.76. The number of hydrogen-bond acceptors (Lipinski definition) is 4. The van der Waals surface area contributed by atoms with Crippen LogP contribution in [0.15, 0.2) is 24.3 Å². The van der Waals surface area contributed by atoms with E-state index in [2.05, 4.69) is 10.2 Å². The van der Waals surface area contributed by atoms with E-state index in [0.29, 0.717) is 26.1 Å². The highest BCUT2D eigenvalue weighted by Gasteiger charge is 2.24. The first-order valence-electron chi connectivity index (χ1n) is 7.21. The van der Waals surface area contributed by atoms with E-state index in [-0.39, 0.29) is 11.9 Å². The summed E-state index contributed by atoms with van der Waals surface area (Å²) in [6.45, 7) is 4.58. The Kier molecular flexibility index (Phi) is 5.24. The second-order valence-electron chi connectivity index (χ2n) is 4.91. The minimum atomic E-state index is 0.00407. The molecule has 2 rings (SSSR count). The van der Waals surface area contributed by atoms with E-state index in [4.69, 9.17) is 10.5 Å². The van der Waals surface area contributed by atoms with Gasteiger partial charge in [-0.25, -0.2) is 0 Å². The fourth-order valence-corrected chi connectivity index (χ4v) is 2.54. The van der Waals surface area contributed by atoms with Gasteiger partial charge in [-0.3, -0.25) is 4.79 Å². The SMILES string of the molecule is CCNC(=O)CC(CN)N1CCCOc2ccccc21. The molecule has 0 aromatic heterocycles. The molecule has 1 amide bonds. The van der Waals surface area contributed by atoms with Crippen LogP contribution in [0.4, 0.5) is 5.69 Å². The summed E-state index contributed by atoms with van der Waals surface area (Å²) in [7, 11) is 0. The summed E-state index contributed by atoms with van der Waals surface area (Å²) in [5.74, 6) is 0.921.